The molecule has 0 amide bonds. The van der Waals surface area contributed by atoms with Crippen molar-refractivity contribution in [2.75, 3.05) is 12.4 Å². The standard InChI is InChI=1S/C12H16FNO2/c1-3-5-11(12(15)16-2)14-10-7-4-6-9(13)8-10/h4,6-8,11,14H,3,5H2,1-2H3. The van der Waals surface area contributed by atoms with Crippen LogP contribution in [0.3, 0.4) is 0 Å². The molecule has 0 radical (unpaired) electrons. The first-order valence-electron chi connectivity index (χ1n) is 5.27. The van der Waals surface area contributed by atoms with Gasteiger partial charge in [0.25, 0.3) is 0 Å². The third-order valence-corrected chi connectivity index (χ3v) is 2.23. The Labute approximate surface area is 94.6 Å². The second kappa shape index (κ2) is 6.10. The summed E-state index contributed by atoms with van der Waals surface area (Å²) in [5, 5.41) is 2.96. The molecule has 0 bridgehead atoms. The van der Waals surface area contributed by atoms with Crippen molar-refractivity contribution in [3.05, 3.63) is 30.1 Å². The van der Waals surface area contributed by atoms with Gasteiger partial charge in [0.05, 0.1) is 7.11 Å². The highest BCUT2D eigenvalue weighted by Crippen LogP contribution is 2.13. The monoisotopic (exact) mass is 225 g/mol. The van der Waals surface area contributed by atoms with E-state index < -0.39 is 6.04 Å². The maximum atomic E-state index is 12.9. The smallest absolute Gasteiger partial charge is 0.328 e. The summed E-state index contributed by atoms with van der Waals surface area (Å²) < 4.78 is 17.6. The fourth-order valence-corrected chi connectivity index (χ4v) is 1.46. The van der Waals surface area contributed by atoms with E-state index in [9.17, 15) is 9.18 Å². The quantitative estimate of drug-likeness (QED) is 0.783. The molecular weight excluding hydrogens is 209 g/mol. The van der Waals surface area contributed by atoms with Crippen molar-refractivity contribution in [3.8, 4) is 0 Å². The Morgan fingerprint density at radius 3 is 2.88 bits per heavy atom. The Morgan fingerprint density at radius 1 is 1.56 bits per heavy atom. The summed E-state index contributed by atoms with van der Waals surface area (Å²) in [4.78, 5) is 11.4. The topological polar surface area (TPSA) is 38.3 Å². The maximum absolute atomic E-state index is 12.9. The minimum atomic E-state index is -0.420. The number of benzene rings is 1. The van der Waals surface area contributed by atoms with Crippen molar-refractivity contribution in [2.45, 2.75) is 25.8 Å². The predicted molar refractivity (Wildman–Crippen MR) is 60.7 cm³/mol. The average molecular weight is 225 g/mol. The van der Waals surface area contributed by atoms with E-state index in [2.05, 4.69) is 10.1 Å². The Morgan fingerprint density at radius 2 is 2.31 bits per heavy atom. The number of carbonyl (C=O) groups is 1. The summed E-state index contributed by atoms with van der Waals surface area (Å²) in [6.45, 7) is 1.98. The van der Waals surface area contributed by atoms with Crippen molar-refractivity contribution < 1.29 is 13.9 Å². The first-order chi connectivity index (χ1) is 7.67. The Hall–Kier alpha value is -1.58. The lowest BCUT2D eigenvalue weighted by atomic mass is 10.1. The van der Waals surface area contributed by atoms with Crippen LogP contribution in [0, 0.1) is 5.82 Å². The van der Waals surface area contributed by atoms with Gasteiger partial charge >= 0.3 is 5.97 Å². The van der Waals surface area contributed by atoms with Crippen molar-refractivity contribution in [3.63, 3.8) is 0 Å². The van der Waals surface area contributed by atoms with Crippen molar-refractivity contribution in [1.29, 1.82) is 0 Å². The zero-order valence-electron chi connectivity index (χ0n) is 9.50. The number of nitrogens with one attached hydrogen (secondary N) is 1. The van der Waals surface area contributed by atoms with Gasteiger partial charge in [0.2, 0.25) is 0 Å². The zero-order valence-corrected chi connectivity index (χ0v) is 9.50. The lowest BCUT2D eigenvalue weighted by Gasteiger charge is -2.16. The van der Waals surface area contributed by atoms with Gasteiger partial charge in [-0.1, -0.05) is 19.4 Å². The number of hydrogen-bond donors (Lipinski definition) is 1. The van der Waals surface area contributed by atoms with Crippen LogP contribution < -0.4 is 5.32 Å². The summed E-state index contributed by atoms with van der Waals surface area (Å²) >= 11 is 0. The van der Waals surface area contributed by atoms with Crippen LogP contribution in [0.15, 0.2) is 24.3 Å². The minimum Gasteiger partial charge on any atom is -0.467 e. The maximum Gasteiger partial charge on any atom is 0.328 e. The highest BCUT2D eigenvalue weighted by Gasteiger charge is 2.17. The molecule has 0 aliphatic heterocycles. The molecule has 3 nitrogen and oxygen atoms in total. The molecular formula is C12H16FNO2. The van der Waals surface area contributed by atoms with Crippen molar-refractivity contribution >= 4 is 11.7 Å². The van der Waals surface area contributed by atoms with Crippen LogP contribution in [-0.2, 0) is 9.53 Å². The van der Waals surface area contributed by atoms with Gasteiger partial charge in [-0.3, -0.25) is 0 Å². The molecule has 1 aromatic rings. The van der Waals surface area contributed by atoms with Crippen LogP contribution in [0.2, 0.25) is 0 Å². The molecule has 1 N–H and O–H groups in total. The van der Waals surface area contributed by atoms with Gasteiger partial charge in [-0.25, -0.2) is 9.18 Å². The van der Waals surface area contributed by atoms with Gasteiger partial charge < -0.3 is 10.1 Å². The van der Waals surface area contributed by atoms with Gasteiger partial charge in [-0.05, 0) is 24.6 Å². The highest BCUT2D eigenvalue weighted by atomic mass is 19.1. The van der Waals surface area contributed by atoms with Crippen LogP contribution in [0.25, 0.3) is 0 Å². The summed E-state index contributed by atoms with van der Waals surface area (Å²) in [6, 6.07) is 5.60. The number of anilines is 1. The lowest BCUT2D eigenvalue weighted by molar-refractivity contribution is -0.141. The summed E-state index contributed by atoms with van der Waals surface area (Å²) in [7, 11) is 1.35. The number of rotatable bonds is 5. The number of carbonyl (C=O) groups excluding carboxylic acids is 1. The van der Waals surface area contributed by atoms with E-state index in [1.165, 1.54) is 19.2 Å². The molecule has 16 heavy (non-hydrogen) atoms. The van der Waals surface area contributed by atoms with E-state index in [0.717, 1.165) is 6.42 Å². The normalized spacial score (nSPS) is 11.9. The van der Waals surface area contributed by atoms with Crippen LogP contribution in [-0.4, -0.2) is 19.1 Å². The molecule has 0 heterocycles. The first-order valence-corrected chi connectivity index (χ1v) is 5.27. The first kappa shape index (κ1) is 12.5. The average Bonchev–Trinajstić information content (AvgIpc) is 2.27. The van der Waals surface area contributed by atoms with Gasteiger partial charge in [0.15, 0.2) is 0 Å². The molecule has 1 rings (SSSR count). The Bertz CT molecular complexity index is 355. The molecule has 0 fully saturated rings. The van der Waals surface area contributed by atoms with Gasteiger partial charge in [0.1, 0.15) is 11.9 Å². The van der Waals surface area contributed by atoms with Crippen LogP contribution in [0.5, 0.6) is 0 Å². The number of halogens is 1. The van der Waals surface area contributed by atoms with E-state index in [0.29, 0.717) is 12.1 Å². The lowest BCUT2D eigenvalue weighted by Crippen LogP contribution is -2.30. The second-order valence-electron chi connectivity index (χ2n) is 3.52. The molecule has 0 aliphatic carbocycles. The van der Waals surface area contributed by atoms with Crippen LogP contribution in [0.4, 0.5) is 10.1 Å². The van der Waals surface area contributed by atoms with E-state index in [-0.39, 0.29) is 11.8 Å². The van der Waals surface area contributed by atoms with Gasteiger partial charge in [0, 0.05) is 5.69 Å². The molecule has 0 aliphatic rings. The molecule has 88 valence electrons. The predicted octanol–water partition coefficient (Wildman–Crippen LogP) is 2.58. The molecule has 1 aromatic carbocycles. The Kier molecular flexibility index (Phi) is 4.76. The molecule has 0 spiro atoms. The van der Waals surface area contributed by atoms with Gasteiger partial charge in [-0.2, -0.15) is 0 Å². The number of methoxy groups -OCH3 is 1. The molecule has 0 aromatic heterocycles. The van der Waals surface area contributed by atoms with Crippen molar-refractivity contribution in [2.24, 2.45) is 0 Å². The van der Waals surface area contributed by atoms with Gasteiger partial charge in [-0.15, -0.1) is 0 Å². The van der Waals surface area contributed by atoms with E-state index in [4.69, 9.17) is 0 Å². The molecule has 4 heteroatoms. The van der Waals surface area contributed by atoms with E-state index >= 15 is 0 Å². The summed E-state index contributed by atoms with van der Waals surface area (Å²) in [5.74, 6) is -0.656. The number of esters is 1. The molecule has 0 saturated carbocycles. The minimum absolute atomic E-state index is 0.328. The Balaban J connectivity index is 2.71. The summed E-state index contributed by atoms with van der Waals surface area (Å²) in [5.41, 5.74) is 0.587. The third kappa shape index (κ3) is 3.53. The molecule has 1 unspecified atom stereocenters. The molecule has 1 atom stereocenters. The second-order valence-corrected chi connectivity index (χ2v) is 3.52. The molecule has 0 saturated heterocycles. The fourth-order valence-electron chi connectivity index (χ4n) is 1.46. The highest BCUT2D eigenvalue weighted by molar-refractivity contribution is 5.79. The SMILES string of the molecule is CCCC(Nc1cccc(F)c1)C(=O)OC. The number of hydrogen-bond acceptors (Lipinski definition) is 3. The number of ether oxygens (including phenoxy) is 1. The van der Waals surface area contributed by atoms with E-state index in [1.54, 1.807) is 12.1 Å². The van der Waals surface area contributed by atoms with E-state index in [1.807, 2.05) is 6.92 Å². The fraction of sp³-hybridized carbons (Fsp3) is 0.417. The van der Waals surface area contributed by atoms with Crippen LogP contribution in [0.1, 0.15) is 19.8 Å². The third-order valence-electron chi connectivity index (χ3n) is 2.23. The van der Waals surface area contributed by atoms with Crippen molar-refractivity contribution in [1.82, 2.24) is 0 Å². The van der Waals surface area contributed by atoms with Crippen LogP contribution >= 0.6 is 0 Å². The summed E-state index contributed by atoms with van der Waals surface area (Å²) in [6.07, 6.45) is 1.51. The zero-order chi connectivity index (χ0) is 12.0. The largest absolute Gasteiger partial charge is 0.467 e.